The fraction of sp³-hybridized carbons (Fsp3) is 0.333. The van der Waals surface area contributed by atoms with Crippen LogP contribution in [-0.4, -0.2) is 30.4 Å². The highest BCUT2D eigenvalue weighted by molar-refractivity contribution is 6.36. The maximum absolute atomic E-state index is 14.0. The number of hydrogen-bond donors (Lipinski definition) is 4. The van der Waals surface area contributed by atoms with E-state index in [1.165, 1.54) is 18.3 Å². The van der Waals surface area contributed by atoms with Crippen molar-refractivity contribution in [3.8, 4) is 6.07 Å². The molecule has 1 aliphatic carbocycles. The molecule has 1 saturated carbocycles. The smallest absolute Gasteiger partial charge is 0.124 e. The van der Waals surface area contributed by atoms with Crippen LogP contribution in [0.4, 0.5) is 15.8 Å². The molecule has 38 heavy (non-hydrogen) atoms. The van der Waals surface area contributed by atoms with Crippen molar-refractivity contribution in [3.63, 3.8) is 0 Å². The van der Waals surface area contributed by atoms with Gasteiger partial charge < -0.3 is 16.1 Å². The highest BCUT2D eigenvalue weighted by Gasteiger charge is 2.39. The van der Waals surface area contributed by atoms with Crippen molar-refractivity contribution < 1.29 is 4.39 Å². The summed E-state index contributed by atoms with van der Waals surface area (Å²) in [6.07, 6.45) is 5.54. The maximum atomic E-state index is 14.0. The highest BCUT2D eigenvalue weighted by atomic mass is 35.5. The number of benzene rings is 2. The number of pyridine rings is 1. The lowest BCUT2D eigenvalue weighted by Crippen LogP contribution is -2.45. The van der Waals surface area contributed by atoms with Crippen molar-refractivity contribution in [2.24, 2.45) is 5.41 Å². The molecule has 1 atom stereocenters. The molecular weight excluding hydrogens is 523 g/mol. The second-order valence-corrected chi connectivity index (χ2v) is 11.7. The van der Waals surface area contributed by atoms with Crippen LogP contribution in [0.15, 0.2) is 48.4 Å². The number of rotatable bonds is 7. The topological polar surface area (TPSA) is 88.0 Å². The first-order chi connectivity index (χ1) is 18.0. The first kappa shape index (κ1) is 26.4. The molecule has 2 radical (unpaired) electrons. The number of halogens is 3. The van der Waals surface area contributed by atoms with Gasteiger partial charge in [0.05, 0.1) is 32.9 Å². The quantitative estimate of drug-likeness (QED) is 0.278. The monoisotopic (exact) mass is 549 g/mol. The fourth-order valence-electron chi connectivity index (χ4n) is 4.36. The second-order valence-electron chi connectivity index (χ2n) is 10.9. The third-order valence-corrected chi connectivity index (χ3v) is 7.09. The first-order valence-corrected chi connectivity index (χ1v) is 13.1. The van der Waals surface area contributed by atoms with Crippen molar-refractivity contribution in [1.29, 1.82) is 5.26 Å². The largest absolute Gasteiger partial charge is 0.383 e. The normalized spacial score (nSPS) is 17.0. The third kappa shape index (κ3) is 5.21. The minimum absolute atomic E-state index is 0.0330. The Kier molecular flexibility index (Phi) is 6.85. The molecule has 3 aromatic rings. The van der Waals surface area contributed by atoms with E-state index in [0.29, 0.717) is 56.7 Å². The van der Waals surface area contributed by atoms with E-state index in [2.05, 4.69) is 53.4 Å². The lowest BCUT2D eigenvalue weighted by molar-refractivity contribution is 0.260. The van der Waals surface area contributed by atoms with Crippen LogP contribution in [0.25, 0.3) is 10.9 Å². The molecule has 0 saturated heterocycles. The van der Waals surface area contributed by atoms with E-state index >= 15 is 0 Å². The molecule has 0 bridgehead atoms. The Morgan fingerprint density at radius 1 is 1.21 bits per heavy atom. The summed E-state index contributed by atoms with van der Waals surface area (Å²) in [6, 6.07) is 10.3. The fourth-order valence-corrected chi connectivity index (χ4v) is 4.94. The number of nitrogens with one attached hydrogen (secondary N) is 4. The summed E-state index contributed by atoms with van der Waals surface area (Å²) in [5.74, 6) is -0.467. The summed E-state index contributed by atoms with van der Waals surface area (Å²) in [4.78, 5) is 4.43. The van der Waals surface area contributed by atoms with Gasteiger partial charge in [-0.3, -0.25) is 9.99 Å². The van der Waals surface area contributed by atoms with Crippen molar-refractivity contribution in [1.82, 2.24) is 21.0 Å². The molecule has 0 amide bonds. The van der Waals surface area contributed by atoms with Gasteiger partial charge in [0.1, 0.15) is 19.7 Å². The first-order valence-electron chi connectivity index (χ1n) is 12.3. The minimum Gasteiger partial charge on any atom is -0.383 e. The molecule has 11 heteroatoms. The Morgan fingerprint density at radius 2 is 1.97 bits per heavy atom. The molecule has 2 heterocycles. The van der Waals surface area contributed by atoms with Gasteiger partial charge >= 0.3 is 0 Å². The minimum atomic E-state index is -1.39. The van der Waals surface area contributed by atoms with Crippen molar-refractivity contribution in [3.05, 3.63) is 75.4 Å². The summed E-state index contributed by atoms with van der Waals surface area (Å²) in [7, 11) is 7.05. The zero-order valence-electron chi connectivity index (χ0n) is 21.3. The SMILES string of the molecule is [B]C(Nc1cc(Cl)c2ncc(C#N)c(NCC(C)(C)C)c2c1)(C1=CN(C2CC2)NN1)c1ccc(F)cc1Cl. The Labute approximate surface area is 232 Å². The highest BCUT2D eigenvalue weighted by Crippen LogP contribution is 2.40. The Bertz CT molecular complexity index is 1480. The summed E-state index contributed by atoms with van der Waals surface area (Å²) in [6.45, 7) is 6.94. The average molecular weight is 550 g/mol. The molecule has 1 fully saturated rings. The van der Waals surface area contributed by atoms with Crippen molar-refractivity contribution in [2.75, 3.05) is 17.2 Å². The molecule has 2 aliphatic rings. The third-order valence-electron chi connectivity index (χ3n) is 6.49. The van der Waals surface area contributed by atoms with Gasteiger partial charge in [0.15, 0.2) is 0 Å². The maximum Gasteiger partial charge on any atom is 0.124 e. The molecule has 7 nitrogen and oxygen atoms in total. The summed E-state index contributed by atoms with van der Waals surface area (Å²) < 4.78 is 14.0. The van der Waals surface area contributed by atoms with Crippen LogP contribution < -0.4 is 21.6 Å². The molecule has 1 aliphatic heterocycles. The number of nitriles is 1. The van der Waals surface area contributed by atoms with Gasteiger partial charge in [0.2, 0.25) is 0 Å². The number of hydrazine groups is 2. The van der Waals surface area contributed by atoms with Gasteiger partial charge in [-0.2, -0.15) is 5.26 Å². The molecule has 1 aromatic heterocycles. The molecule has 0 spiro atoms. The lowest BCUT2D eigenvalue weighted by atomic mass is 9.69. The zero-order chi connectivity index (χ0) is 27.2. The average Bonchev–Trinajstić information content (AvgIpc) is 3.57. The van der Waals surface area contributed by atoms with Gasteiger partial charge in [0, 0.05) is 41.1 Å². The van der Waals surface area contributed by atoms with E-state index in [-0.39, 0.29) is 10.4 Å². The van der Waals surface area contributed by atoms with Crippen LogP contribution in [0.3, 0.4) is 0 Å². The van der Waals surface area contributed by atoms with Crippen LogP contribution in [0.5, 0.6) is 0 Å². The van der Waals surface area contributed by atoms with Crippen molar-refractivity contribution in [2.45, 2.75) is 45.1 Å². The van der Waals surface area contributed by atoms with E-state index in [1.54, 1.807) is 12.1 Å². The molecule has 194 valence electrons. The van der Waals surface area contributed by atoms with E-state index in [9.17, 15) is 9.65 Å². The van der Waals surface area contributed by atoms with Gasteiger partial charge in [0.25, 0.3) is 0 Å². The summed E-state index contributed by atoms with van der Waals surface area (Å²) in [5.41, 5.74) is 8.05. The van der Waals surface area contributed by atoms with Crippen LogP contribution in [0, 0.1) is 22.6 Å². The Hall–Kier alpha value is -3.19. The molecule has 1 unspecified atom stereocenters. The van der Waals surface area contributed by atoms with E-state index in [4.69, 9.17) is 31.0 Å². The zero-order valence-corrected chi connectivity index (χ0v) is 22.8. The lowest BCUT2D eigenvalue weighted by Gasteiger charge is -2.35. The molecule has 5 rings (SSSR count). The predicted octanol–water partition coefficient (Wildman–Crippen LogP) is 5.77. The molecular formula is C27H27BCl2FN7. The number of hydrogen-bond acceptors (Lipinski definition) is 7. The summed E-state index contributed by atoms with van der Waals surface area (Å²) in [5, 5.41) is 19.7. The van der Waals surface area contributed by atoms with Crippen molar-refractivity contribution >= 4 is 53.3 Å². The number of fused-ring (bicyclic) bond motifs is 1. The van der Waals surface area contributed by atoms with E-state index < -0.39 is 11.3 Å². The number of anilines is 2. The van der Waals surface area contributed by atoms with E-state index in [1.807, 2.05) is 17.3 Å². The van der Waals surface area contributed by atoms with Gasteiger partial charge in [-0.25, -0.2) is 4.39 Å². The Morgan fingerprint density at radius 3 is 2.63 bits per heavy atom. The number of aromatic nitrogens is 1. The van der Waals surface area contributed by atoms with Crippen LogP contribution in [0.1, 0.15) is 44.7 Å². The van der Waals surface area contributed by atoms with Gasteiger partial charge in [-0.1, -0.05) is 50.0 Å². The van der Waals surface area contributed by atoms with Crippen LogP contribution in [-0.2, 0) is 5.44 Å². The van der Waals surface area contributed by atoms with Gasteiger partial charge in [-0.15, -0.1) is 5.53 Å². The number of nitrogens with zero attached hydrogens (tertiary/aromatic N) is 3. The molecule has 4 N–H and O–H groups in total. The van der Waals surface area contributed by atoms with E-state index in [0.717, 1.165) is 12.8 Å². The summed E-state index contributed by atoms with van der Waals surface area (Å²) >= 11 is 13.2. The standard InChI is InChI=1S/C27H27BCl2FN7/c1-26(2,3)14-34-24-15(11-32)12-33-25-19(24)9-17(10-22(25)30)35-27(28,20-7-4-16(31)8-21(20)29)23-13-38(37-36-23)18-5-6-18/h4,7-10,12-13,18,35-37H,5-6,14H2,1-3H3,(H,33,34). The van der Waals surface area contributed by atoms with Crippen LogP contribution in [0.2, 0.25) is 10.0 Å². The predicted molar refractivity (Wildman–Crippen MR) is 151 cm³/mol. The molecule has 2 aromatic carbocycles. The van der Waals surface area contributed by atoms with Crippen LogP contribution >= 0.6 is 23.2 Å². The van der Waals surface area contributed by atoms with Gasteiger partial charge in [-0.05, 0) is 48.1 Å². The Balaban J connectivity index is 1.62. The second kappa shape index (κ2) is 9.85.